The van der Waals surface area contributed by atoms with Crippen LogP contribution in [0.15, 0.2) is 27.8 Å². The smallest absolute Gasteiger partial charge is 0.130 e. The first-order chi connectivity index (χ1) is 7.25. The van der Waals surface area contributed by atoms with Gasteiger partial charge in [-0.15, -0.1) is 0 Å². The second-order valence-electron chi connectivity index (χ2n) is 3.16. The number of hydrogen-bond donors (Lipinski definition) is 1. The Morgan fingerprint density at radius 3 is 2.93 bits per heavy atom. The third-order valence-corrected chi connectivity index (χ3v) is 3.40. The largest absolute Gasteiger partial charge is 0.366 e. The van der Waals surface area contributed by atoms with E-state index in [9.17, 15) is 0 Å². The van der Waals surface area contributed by atoms with E-state index in [1.165, 1.54) is 17.5 Å². The highest BCUT2D eigenvalue weighted by Crippen LogP contribution is 2.16. The summed E-state index contributed by atoms with van der Waals surface area (Å²) in [5.74, 6) is 0.836. The summed E-state index contributed by atoms with van der Waals surface area (Å²) in [6.07, 6.45) is 1.53. The molecule has 2 aromatic rings. The van der Waals surface area contributed by atoms with Gasteiger partial charge in [0.2, 0.25) is 0 Å². The van der Waals surface area contributed by atoms with Gasteiger partial charge < -0.3 is 5.32 Å². The van der Waals surface area contributed by atoms with Gasteiger partial charge in [0, 0.05) is 12.6 Å². The minimum Gasteiger partial charge on any atom is -0.366 e. The van der Waals surface area contributed by atoms with Gasteiger partial charge in [0.1, 0.15) is 16.7 Å². The molecular formula is C10H10BrN3S. The molecule has 2 heterocycles. The summed E-state index contributed by atoms with van der Waals surface area (Å²) in [7, 11) is 0. The van der Waals surface area contributed by atoms with E-state index < -0.39 is 0 Å². The van der Waals surface area contributed by atoms with Crippen molar-refractivity contribution in [2.75, 3.05) is 5.32 Å². The lowest BCUT2D eigenvalue weighted by Gasteiger charge is -2.04. The SMILES string of the molecule is Cc1cscc1CNc1cc(Br)ncn1. The second-order valence-corrected chi connectivity index (χ2v) is 4.72. The summed E-state index contributed by atoms with van der Waals surface area (Å²) >= 11 is 5.03. The standard InChI is InChI=1S/C10H10BrN3S/c1-7-4-15-5-8(7)3-12-10-2-9(11)13-6-14-10/h2,4-6H,3H2,1H3,(H,12,13,14). The highest BCUT2D eigenvalue weighted by molar-refractivity contribution is 9.10. The van der Waals surface area contributed by atoms with Gasteiger partial charge in [-0.3, -0.25) is 0 Å². The molecule has 78 valence electrons. The lowest BCUT2D eigenvalue weighted by atomic mass is 10.2. The molecule has 2 aromatic heterocycles. The summed E-state index contributed by atoms with van der Waals surface area (Å²) in [4.78, 5) is 8.09. The van der Waals surface area contributed by atoms with Crippen molar-refractivity contribution in [3.05, 3.63) is 38.9 Å². The van der Waals surface area contributed by atoms with Crippen molar-refractivity contribution in [1.82, 2.24) is 9.97 Å². The lowest BCUT2D eigenvalue weighted by Crippen LogP contribution is -2.01. The zero-order chi connectivity index (χ0) is 10.7. The van der Waals surface area contributed by atoms with E-state index in [1.54, 1.807) is 11.3 Å². The number of anilines is 1. The van der Waals surface area contributed by atoms with Crippen LogP contribution in [0.3, 0.4) is 0 Å². The summed E-state index contributed by atoms with van der Waals surface area (Å²) in [5.41, 5.74) is 2.63. The average Bonchev–Trinajstić information content (AvgIpc) is 2.61. The monoisotopic (exact) mass is 283 g/mol. The van der Waals surface area contributed by atoms with E-state index in [0.717, 1.165) is 17.0 Å². The van der Waals surface area contributed by atoms with Crippen LogP contribution in [0, 0.1) is 6.92 Å². The molecule has 1 N–H and O–H groups in total. The van der Waals surface area contributed by atoms with Crippen LogP contribution in [0.2, 0.25) is 0 Å². The number of hydrogen-bond acceptors (Lipinski definition) is 4. The molecule has 15 heavy (non-hydrogen) atoms. The van der Waals surface area contributed by atoms with Gasteiger partial charge in [0.25, 0.3) is 0 Å². The van der Waals surface area contributed by atoms with Gasteiger partial charge in [0.05, 0.1) is 0 Å². The molecule has 2 rings (SSSR count). The molecule has 0 aliphatic carbocycles. The van der Waals surface area contributed by atoms with Gasteiger partial charge in [0.15, 0.2) is 0 Å². The van der Waals surface area contributed by atoms with Gasteiger partial charge in [-0.2, -0.15) is 11.3 Å². The zero-order valence-corrected chi connectivity index (χ0v) is 10.6. The molecule has 3 nitrogen and oxygen atoms in total. The van der Waals surface area contributed by atoms with Crippen molar-refractivity contribution >= 4 is 33.1 Å². The fourth-order valence-corrected chi connectivity index (χ4v) is 2.35. The molecule has 0 radical (unpaired) electrons. The van der Waals surface area contributed by atoms with E-state index in [1.807, 2.05) is 6.07 Å². The number of thiophene rings is 1. The molecule has 0 aliphatic heterocycles. The van der Waals surface area contributed by atoms with E-state index >= 15 is 0 Å². The molecule has 0 aliphatic rings. The minimum absolute atomic E-state index is 0.794. The average molecular weight is 284 g/mol. The molecular weight excluding hydrogens is 274 g/mol. The van der Waals surface area contributed by atoms with Crippen LogP contribution in [0.1, 0.15) is 11.1 Å². The van der Waals surface area contributed by atoms with Gasteiger partial charge in [-0.1, -0.05) is 0 Å². The molecule has 0 fully saturated rings. The van der Waals surface area contributed by atoms with Crippen LogP contribution >= 0.6 is 27.3 Å². The fraction of sp³-hybridized carbons (Fsp3) is 0.200. The van der Waals surface area contributed by atoms with Crippen LogP contribution in [0.5, 0.6) is 0 Å². The van der Waals surface area contributed by atoms with Gasteiger partial charge >= 0.3 is 0 Å². The highest BCUT2D eigenvalue weighted by Gasteiger charge is 2.00. The van der Waals surface area contributed by atoms with Crippen LogP contribution in [0.4, 0.5) is 5.82 Å². The van der Waals surface area contributed by atoms with Crippen molar-refractivity contribution in [3.8, 4) is 0 Å². The van der Waals surface area contributed by atoms with E-state index in [0.29, 0.717) is 0 Å². The fourth-order valence-electron chi connectivity index (χ4n) is 1.18. The van der Waals surface area contributed by atoms with Crippen LogP contribution in [-0.2, 0) is 6.54 Å². The van der Waals surface area contributed by atoms with Crippen molar-refractivity contribution in [2.45, 2.75) is 13.5 Å². The molecule has 0 amide bonds. The Bertz CT molecular complexity index is 455. The van der Waals surface area contributed by atoms with Crippen molar-refractivity contribution in [2.24, 2.45) is 0 Å². The number of nitrogens with zero attached hydrogens (tertiary/aromatic N) is 2. The van der Waals surface area contributed by atoms with Crippen molar-refractivity contribution < 1.29 is 0 Å². The zero-order valence-electron chi connectivity index (χ0n) is 8.20. The Morgan fingerprint density at radius 2 is 2.27 bits per heavy atom. The summed E-state index contributed by atoms with van der Waals surface area (Å²) in [6, 6.07) is 1.86. The lowest BCUT2D eigenvalue weighted by molar-refractivity contribution is 1.07. The van der Waals surface area contributed by atoms with Crippen LogP contribution in [-0.4, -0.2) is 9.97 Å². The Morgan fingerprint density at radius 1 is 1.40 bits per heavy atom. The third-order valence-electron chi connectivity index (χ3n) is 2.06. The maximum atomic E-state index is 4.12. The Kier molecular flexibility index (Phi) is 3.33. The van der Waals surface area contributed by atoms with E-state index in [4.69, 9.17) is 0 Å². The first-order valence-electron chi connectivity index (χ1n) is 4.49. The minimum atomic E-state index is 0.794. The predicted octanol–water partition coefficient (Wildman–Crippen LogP) is 3.22. The first kappa shape index (κ1) is 10.6. The van der Waals surface area contributed by atoms with Crippen molar-refractivity contribution in [3.63, 3.8) is 0 Å². The molecule has 0 bridgehead atoms. The van der Waals surface area contributed by atoms with Gasteiger partial charge in [-0.05, 0) is 44.7 Å². The summed E-state index contributed by atoms with van der Waals surface area (Å²) < 4.78 is 0.794. The Labute approximate surface area is 101 Å². The Hall–Kier alpha value is -0.940. The number of halogens is 1. The quantitative estimate of drug-likeness (QED) is 0.879. The third kappa shape index (κ3) is 2.76. The van der Waals surface area contributed by atoms with E-state index in [-0.39, 0.29) is 0 Å². The Balaban J connectivity index is 2.02. The van der Waals surface area contributed by atoms with Crippen LogP contribution < -0.4 is 5.32 Å². The molecule has 0 unspecified atom stereocenters. The molecule has 0 atom stereocenters. The normalized spacial score (nSPS) is 10.3. The first-order valence-corrected chi connectivity index (χ1v) is 6.22. The number of aryl methyl sites for hydroxylation is 1. The molecule has 5 heteroatoms. The molecule has 0 spiro atoms. The summed E-state index contributed by atoms with van der Waals surface area (Å²) in [6.45, 7) is 2.92. The highest BCUT2D eigenvalue weighted by atomic mass is 79.9. The predicted molar refractivity (Wildman–Crippen MR) is 66.1 cm³/mol. The number of nitrogens with one attached hydrogen (secondary N) is 1. The molecule has 0 aromatic carbocycles. The topological polar surface area (TPSA) is 37.8 Å². The van der Waals surface area contributed by atoms with Crippen molar-refractivity contribution in [1.29, 1.82) is 0 Å². The number of rotatable bonds is 3. The second kappa shape index (κ2) is 4.72. The molecule has 0 saturated carbocycles. The van der Waals surface area contributed by atoms with E-state index in [2.05, 4.69) is 48.9 Å². The maximum Gasteiger partial charge on any atom is 0.130 e. The maximum absolute atomic E-state index is 4.12. The van der Waals surface area contributed by atoms with Gasteiger partial charge in [-0.25, -0.2) is 9.97 Å². The number of aromatic nitrogens is 2. The molecule has 0 saturated heterocycles. The summed E-state index contributed by atoms with van der Waals surface area (Å²) in [5, 5.41) is 7.55. The van der Waals surface area contributed by atoms with Crippen LogP contribution in [0.25, 0.3) is 0 Å².